The van der Waals surface area contributed by atoms with Gasteiger partial charge in [0, 0.05) is 37.9 Å². The van der Waals surface area contributed by atoms with E-state index in [0.29, 0.717) is 40.3 Å². The summed E-state index contributed by atoms with van der Waals surface area (Å²) in [4.78, 5) is 32.6. The van der Waals surface area contributed by atoms with Crippen LogP contribution in [-0.2, 0) is 0 Å². The molecule has 2 saturated heterocycles. The van der Waals surface area contributed by atoms with Gasteiger partial charge in [0.15, 0.2) is 0 Å². The van der Waals surface area contributed by atoms with Gasteiger partial charge in [0.05, 0.1) is 0 Å². The Hall–Kier alpha value is -2.41. The first-order chi connectivity index (χ1) is 14.9. The molecule has 7 heteroatoms. The number of piperazine rings is 1. The first-order valence-corrected chi connectivity index (χ1v) is 11.7. The number of carbonyl (C=O) groups excluding carboxylic acids is 2. The number of imidazole rings is 1. The van der Waals surface area contributed by atoms with Gasteiger partial charge in [0.25, 0.3) is 11.8 Å². The van der Waals surface area contributed by atoms with Crippen LogP contribution in [0.1, 0.15) is 60.5 Å². The molecule has 5 fully saturated rings. The lowest BCUT2D eigenvalue weighted by Gasteiger charge is -2.60. The summed E-state index contributed by atoms with van der Waals surface area (Å²) in [7, 11) is 0. The molecule has 2 N–H and O–H groups in total. The molecule has 3 aliphatic carbocycles. The van der Waals surface area contributed by atoms with Crippen LogP contribution in [0, 0.1) is 23.2 Å². The minimum absolute atomic E-state index is 0.0342. The van der Waals surface area contributed by atoms with E-state index in [0.717, 1.165) is 32.0 Å². The zero-order valence-electron chi connectivity index (χ0n) is 18.3. The molecule has 4 bridgehead atoms. The van der Waals surface area contributed by atoms with Gasteiger partial charge in [-0.15, -0.1) is 0 Å². The number of likely N-dealkylation sites (tertiary alicyclic amines) is 1. The average Bonchev–Trinajstić information content (AvgIpc) is 3.51. The summed E-state index contributed by atoms with van der Waals surface area (Å²) in [6.07, 6.45) is 6.54. The first-order valence-electron chi connectivity index (χ1n) is 11.7. The topological polar surface area (TPSA) is 78.7 Å². The van der Waals surface area contributed by atoms with Gasteiger partial charge in [-0.25, -0.2) is 4.98 Å². The van der Waals surface area contributed by atoms with Crippen LogP contribution in [0.3, 0.4) is 0 Å². The largest absolute Gasteiger partial charge is 0.350 e. The Morgan fingerprint density at radius 1 is 1.26 bits per heavy atom. The van der Waals surface area contributed by atoms with Crippen LogP contribution in [0.15, 0.2) is 24.4 Å². The third-order valence-electron chi connectivity index (χ3n) is 8.79. The number of carbonyl (C=O) groups is 2. The molecule has 4 heterocycles. The summed E-state index contributed by atoms with van der Waals surface area (Å²) >= 11 is 0. The lowest BCUT2D eigenvalue weighted by Crippen LogP contribution is -2.54. The zero-order valence-corrected chi connectivity index (χ0v) is 18.3. The Morgan fingerprint density at radius 3 is 2.84 bits per heavy atom. The van der Waals surface area contributed by atoms with Crippen LogP contribution in [-0.4, -0.2) is 57.8 Å². The monoisotopic (exact) mass is 421 g/mol. The molecule has 164 valence electrons. The lowest BCUT2D eigenvalue weighted by atomic mass is 9.45. The van der Waals surface area contributed by atoms with Crippen LogP contribution in [0.5, 0.6) is 0 Å². The van der Waals surface area contributed by atoms with Crippen LogP contribution in [0.25, 0.3) is 5.65 Å². The van der Waals surface area contributed by atoms with E-state index in [4.69, 9.17) is 0 Å². The molecule has 3 saturated carbocycles. The first kappa shape index (κ1) is 19.3. The molecule has 2 aromatic rings. The fourth-order valence-electron chi connectivity index (χ4n) is 6.78. The molecule has 0 unspecified atom stereocenters. The lowest BCUT2D eigenvalue weighted by molar-refractivity contribution is -0.103. The van der Waals surface area contributed by atoms with Gasteiger partial charge in [0.1, 0.15) is 17.0 Å². The van der Waals surface area contributed by atoms with Crippen molar-refractivity contribution >= 4 is 17.5 Å². The summed E-state index contributed by atoms with van der Waals surface area (Å²) in [6.45, 7) is 7.08. The molecule has 5 atom stereocenters. The maximum atomic E-state index is 13.1. The smallest absolute Gasteiger partial charge is 0.274 e. The molecule has 7 nitrogen and oxygen atoms in total. The van der Waals surface area contributed by atoms with E-state index in [-0.39, 0.29) is 17.9 Å². The minimum atomic E-state index is -0.0920. The van der Waals surface area contributed by atoms with Gasteiger partial charge in [-0.2, -0.15) is 0 Å². The quantitative estimate of drug-likeness (QED) is 0.794. The normalized spacial score (nSPS) is 32.8. The second-order valence-electron chi connectivity index (χ2n) is 10.6. The summed E-state index contributed by atoms with van der Waals surface area (Å²) in [5.74, 6) is 2.01. The fourth-order valence-corrected chi connectivity index (χ4v) is 6.78. The SMILES string of the molecule is CC1(C)[C@H]2CC[C@@H](CNC(=O)c3cccc4nc(C(=O)N5C[C@@H]6C[C@H]5CN6)cn34)[C@H]1C2. The minimum Gasteiger partial charge on any atom is -0.350 e. The van der Waals surface area contributed by atoms with Crippen molar-refractivity contribution in [2.75, 3.05) is 19.6 Å². The molecule has 0 aromatic carbocycles. The number of fused-ring (bicyclic) bond motifs is 5. The number of amides is 2. The number of hydrogen-bond donors (Lipinski definition) is 2. The predicted molar refractivity (Wildman–Crippen MR) is 117 cm³/mol. The van der Waals surface area contributed by atoms with Crippen LogP contribution in [0.2, 0.25) is 0 Å². The molecule has 0 radical (unpaired) electrons. The molecule has 2 aliphatic heterocycles. The summed E-state index contributed by atoms with van der Waals surface area (Å²) < 4.78 is 1.76. The standard InChI is InChI=1S/C24H31N5O2/c1-24(2)15-7-6-14(18(24)8-15)10-26-22(30)20-4-3-5-21-27-19(13-29(20)21)23(31)28-12-16-9-17(28)11-25-16/h3-5,13-18,25H,6-12H2,1-2H3,(H,26,30)/t14-,15-,16-,17-,18+/m0/s1. The van der Waals surface area contributed by atoms with Crippen LogP contribution < -0.4 is 10.6 Å². The summed E-state index contributed by atoms with van der Waals surface area (Å²) in [6, 6.07) is 6.17. The second-order valence-corrected chi connectivity index (χ2v) is 10.6. The highest BCUT2D eigenvalue weighted by Crippen LogP contribution is 2.61. The average molecular weight is 422 g/mol. The Morgan fingerprint density at radius 2 is 2.13 bits per heavy atom. The van der Waals surface area contributed by atoms with Crippen molar-refractivity contribution in [2.24, 2.45) is 23.2 Å². The van der Waals surface area contributed by atoms with E-state index in [1.54, 1.807) is 10.6 Å². The van der Waals surface area contributed by atoms with Crippen molar-refractivity contribution in [3.8, 4) is 0 Å². The maximum absolute atomic E-state index is 13.1. The van der Waals surface area contributed by atoms with Gasteiger partial charge in [-0.05, 0) is 61.0 Å². The Labute approximate surface area is 182 Å². The van der Waals surface area contributed by atoms with Gasteiger partial charge in [0.2, 0.25) is 0 Å². The highest BCUT2D eigenvalue weighted by molar-refractivity contribution is 5.96. The number of pyridine rings is 1. The highest BCUT2D eigenvalue weighted by Gasteiger charge is 2.54. The van der Waals surface area contributed by atoms with Crippen molar-refractivity contribution < 1.29 is 9.59 Å². The van der Waals surface area contributed by atoms with Gasteiger partial charge >= 0.3 is 0 Å². The molecular formula is C24H31N5O2. The van der Waals surface area contributed by atoms with Crippen molar-refractivity contribution in [1.82, 2.24) is 24.9 Å². The van der Waals surface area contributed by atoms with Crippen molar-refractivity contribution in [1.29, 1.82) is 0 Å². The number of aromatic nitrogens is 2. The third-order valence-corrected chi connectivity index (χ3v) is 8.79. The Bertz CT molecular complexity index is 1060. The predicted octanol–water partition coefficient (Wildman–Crippen LogP) is 2.32. The number of hydrogen-bond acceptors (Lipinski definition) is 4. The molecule has 5 aliphatic rings. The zero-order chi connectivity index (χ0) is 21.3. The number of rotatable bonds is 4. The molecule has 2 amide bonds. The highest BCUT2D eigenvalue weighted by atomic mass is 16.2. The van der Waals surface area contributed by atoms with E-state index < -0.39 is 0 Å². The van der Waals surface area contributed by atoms with E-state index >= 15 is 0 Å². The summed E-state index contributed by atoms with van der Waals surface area (Å²) in [5.41, 5.74) is 2.01. The van der Waals surface area contributed by atoms with E-state index in [1.807, 2.05) is 23.1 Å². The number of nitrogens with one attached hydrogen (secondary N) is 2. The van der Waals surface area contributed by atoms with Crippen molar-refractivity contribution in [3.05, 3.63) is 35.8 Å². The molecule has 2 aromatic heterocycles. The van der Waals surface area contributed by atoms with Crippen molar-refractivity contribution in [2.45, 2.75) is 51.6 Å². The van der Waals surface area contributed by atoms with Gasteiger partial charge < -0.3 is 15.5 Å². The summed E-state index contributed by atoms with van der Waals surface area (Å²) in [5, 5.41) is 6.60. The number of nitrogens with zero attached hydrogens (tertiary/aromatic N) is 3. The molecule has 7 rings (SSSR count). The Kier molecular flexibility index (Phi) is 4.23. The molecule has 0 spiro atoms. The maximum Gasteiger partial charge on any atom is 0.274 e. The Balaban J connectivity index is 1.19. The van der Waals surface area contributed by atoms with Crippen LogP contribution >= 0.6 is 0 Å². The van der Waals surface area contributed by atoms with Crippen molar-refractivity contribution in [3.63, 3.8) is 0 Å². The van der Waals surface area contributed by atoms with Crippen LogP contribution in [0.4, 0.5) is 0 Å². The van der Waals surface area contributed by atoms with E-state index in [2.05, 4.69) is 29.5 Å². The van der Waals surface area contributed by atoms with E-state index in [9.17, 15) is 9.59 Å². The molecule has 31 heavy (non-hydrogen) atoms. The van der Waals surface area contributed by atoms with Gasteiger partial charge in [-0.3, -0.25) is 14.0 Å². The van der Waals surface area contributed by atoms with Gasteiger partial charge in [-0.1, -0.05) is 19.9 Å². The third kappa shape index (κ3) is 2.93. The second kappa shape index (κ2) is 6.79. The molecular weight excluding hydrogens is 390 g/mol. The van der Waals surface area contributed by atoms with E-state index in [1.165, 1.54) is 19.3 Å². The fraction of sp³-hybridized carbons (Fsp3) is 0.625.